The van der Waals surface area contributed by atoms with Gasteiger partial charge in [-0.15, -0.1) is 11.8 Å². The summed E-state index contributed by atoms with van der Waals surface area (Å²) in [4.78, 5) is 12.2. The lowest BCUT2D eigenvalue weighted by Gasteiger charge is -2.16. The van der Waals surface area contributed by atoms with Gasteiger partial charge < -0.3 is 0 Å². The van der Waals surface area contributed by atoms with Crippen molar-refractivity contribution in [2.75, 3.05) is 0 Å². The summed E-state index contributed by atoms with van der Waals surface area (Å²) in [5, 5.41) is 11.2. The van der Waals surface area contributed by atoms with Gasteiger partial charge >= 0.3 is 0 Å². The standard InChI is InChI=1S/C15H15NO2S/c1-12(19-14-10-6-3-7-11-14)15(16(17)18)13-8-4-2-5-9-13/h2-12,15H,1H3. The second-order valence-electron chi connectivity index (χ2n) is 4.28. The molecule has 0 saturated heterocycles. The predicted molar refractivity (Wildman–Crippen MR) is 77.9 cm³/mol. The molecule has 2 unspecified atom stereocenters. The van der Waals surface area contributed by atoms with Crippen LogP contribution in [-0.4, -0.2) is 10.2 Å². The number of thioether (sulfide) groups is 1. The highest BCUT2D eigenvalue weighted by Crippen LogP contribution is 2.33. The van der Waals surface area contributed by atoms with Crippen molar-refractivity contribution in [2.24, 2.45) is 0 Å². The zero-order valence-electron chi connectivity index (χ0n) is 10.6. The largest absolute Gasteiger partial charge is 0.264 e. The van der Waals surface area contributed by atoms with Crippen LogP contribution in [0.15, 0.2) is 65.6 Å². The molecule has 0 heterocycles. The third-order valence-electron chi connectivity index (χ3n) is 2.88. The number of benzene rings is 2. The van der Waals surface area contributed by atoms with Gasteiger partial charge in [0.25, 0.3) is 0 Å². The normalized spacial score (nSPS) is 13.7. The first-order chi connectivity index (χ1) is 9.18. The molecule has 2 aromatic carbocycles. The molecule has 3 nitrogen and oxygen atoms in total. The number of nitrogens with zero attached hydrogens (tertiary/aromatic N) is 1. The lowest BCUT2D eigenvalue weighted by molar-refractivity contribution is -0.527. The van der Waals surface area contributed by atoms with Gasteiger partial charge in [0.1, 0.15) is 0 Å². The summed E-state index contributed by atoms with van der Waals surface area (Å²) >= 11 is 1.53. The summed E-state index contributed by atoms with van der Waals surface area (Å²) in [5.41, 5.74) is 0.753. The van der Waals surface area contributed by atoms with Gasteiger partial charge in [-0.1, -0.05) is 48.5 Å². The average molecular weight is 273 g/mol. The Bertz CT molecular complexity index is 530. The van der Waals surface area contributed by atoms with Gasteiger partial charge in [-0.25, -0.2) is 0 Å². The Labute approximate surface area is 116 Å². The molecule has 0 aliphatic rings. The van der Waals surface area contributed by atoms with E-state index < -0.39 is 6.04 Å². The van der Waals surface area contributed by atoms with Crippen molar-refractivity contribution in [3.63, 3.8) is 0 Å². The van der Waals surface area contributed by atoms with Gasteiger partial charge in [0.05, 0.1) is 5.25 Å². The minimum atomic E-state index is -0.689. The maximum atomic E-state index is 11.3. The maximum Gasteiger partial charge on any atom is 0.249 e. The van der Waals surface area contributed by atoms with E-state index in [1.807, 2.05) is 67.6 Å². The Balaban J connectivity index is 2.18. The first kappa shape index (κ1) is 13.6. The molecular formula is C15H15NO2S. The highest BCUT2D eigenvalue weighted by atomic mass is 32.2. The van der Waals surface area contributed by atoms with Crippen molar-refractivity contribution in [1.29, 1.82) is 0 Å². The van der Waals surface area contributed by atoms with E-state index in [4.69, 9.17) is 0 Å². The number of rotatable bonds is 5. The van der Waals surface area contributed by atoms with Gasteiger partial charge in [0.2, 0.25) is 6.04 Å². The Morgan fingerprint density at radius 3 is 2.05 bits per heavy atom. The van der Waals surface area contributed by atoms with Crippen LogP contribution in [0.5, 0.6) is 0 Å². The molecule has 0 spiro atoms. The lowest BCUT2D eigenvalue weighted by Crippen LogP contribution is -2.20. The molecule has 4 heteroatoms. The molecule has 2 aromatic rings. The Kier molecular flexibility index (Phi) is 4.58. The van der Waals surface area contributed by atoms with E-state index in [9.17, 15) is 10.1 Å². The van der Waals surface area contributed by atoms with Crippen molar-refractivity contribution in [2.45, 2.75) is 23.1 Å². The van der Waals surface area contributed by atoms with Crippen molar-refractivity contribution in [3.05, 3.63) is 76.3 Å². The van der Waals surface area contributed by atoms with Crippen molar-refractivity contribution in [3.8, 4) is 0 Å². The van der Waals surface area contributed by atoms with Gasteiger partial charge in [-0.05, 0) is 19.1 Å². The van der Waals surface area contributed by atoms with Crippen LogP contribution in [0.25, 0.3) is 0 Å². The molecule has 0 radical (unpaired) electrons. The van der Waals surface area contributed by atoms with Crippen molar-refractivity contribution < 1.29 is 4.92 Å². The summed E-state index contributed by atoms with van der Waals surface area (Å²) < 4.78 is 0. The summed E-state index contributed by atoms with van der Waals surface area (Å²) in [6.45, 7) is 1.90. The van der Waals surface area contributed by atoms with E-state index in [0.717, 1.165) is 10.5 Å². The van der Waals surface area contributed by atoms with Crippen LogP contribution in [-0.2, 0) is 0 Å². The fourth-order valence-corrected chi connectivity index (χ4v) is 3.12. The zero-order chi connectivity index (χ0) is 13.7. The Hall–Kier alpha value is -1.81. The number of hydrogen-bond acceptors (Lipinski definition) is 3. The highest BCUT2D eigenvalue weighted by Gasteiger charge is 2.30. The van der Waals surface area contributed by atoms with E-state index in [2.05, 4.69) is 0 Å². The number of hydrogen-bond donors (Lipinski definition) is 0. The molecule has 0 aliphatic heterocycles. The molecule has 0 N–H and O–H groups in total. The Morgan fingerprint density at radius 2 is 1.53 bits per heavy atom. The monoisotopic (exact) mass is 273 g/mol. The van der Waals surface area contributed by atoms with Crippen LogP contribution in [0.2, 0.25) is 0 Å². The fourth-order valence-electron chi connectivity index (χ4n) is 1.99. The van der Waals surface area contributed by atoms with E-state index >= 15 is 0 Å². The van der Waals surface area contributed by atoms with Crippen LogP contribution in [0.4, 0.5) is 0 Å². The third kappa shape index (κ3) is 3.58. The molecular weight excluding hydrogens is 258 g/mol. The zero-order valence-corrected chi connectivity index (χ0v) is 11.4. The van der Waals surface area contributed by atoms with Crippen LogP contribution in [0, 0.1) is 10.1 Å². The third-order valence-corrected chi connectivity index (χ3v) is 4.05. The molecule has 0 bridgehead atoms. The molecule has 0 amide bonds. The summed E-state index contributed by atoms with van der Waals surface area (Å²) in [6.07, 6.45) is 0. The Morgan fingerprint density at radius 1 is 1.00 bits per heavy atom. The molecule has 2 rings (SSSR count). The minimum Gasteiger partial charge on any atom is -0.264 e. The molecule has 19 heavy (non-hydrogen) atoms. The fraction of sp³-hybridized carbons (Fsp3) is 0.200. The SMILES string of the molecule is CC(Sc1ccccc1)C(c1ccccc1)[N+](=O)[O-]. The van der Waals surface area contributed by atoms with Crippen LogP contribution in [0.3, 0.4) is 0 Å². The summed E-state index contributed by atoms with van der Waals surface area (Å²) in [5.74, 6) is 0. The average Bonchev–Trinajstić information content (AvgIpc) is 2.40. The predicted octanol–water partition coefficient (Wildman–Crippen LogP) is 4.19. The van der Waals surface area contributed by atoms with Gasteiger partial charge in [0.15, 0.2) is 0 Å². The quantitative estimate of drug-likeness (QED) is 0.466. The van der Waals surface area contributed by atoms with Gasteiger partial charge in [0, 0.05) is 15.4 Å². The first-order valence-corrected chi connectivity index (χ1v) is 6.96. The maximum absolute atomic E-state index is 11.3. The van der Waals surface area contributed by atoms with Crippen LogP contribution >= 0.6 is 11.8 Å². The summed E-state index contributed by atoms with van der Waals surface area (Å²) in [7, 11) is 0. The smallest absolute Gasteiger partial charge is 0.249 e. The van der Waals surface area contributed by atoms with Crippen LogP contribution in [0.1, 0.15) is 18.5 Å². The molecule has 0 saturated carbocycles. The minimum absolute atomic E-state index is 0.125. The first-order valence-electron chi connectivity index (χ1n) is 6.08. The van der Waals surface area contributed by atoms with Gasteiger partial charge in [-0.2, -0.15) is 0 Å². The molecule has 0 aromatic heterocycles. The van der Waals surface area contributed by atoms with Crippen molar-refractivity contribution >= 4 is 11.8 Å². The highest BCUT2D eigenvalue weighted by molar-refractivity contribution is 8.00. The van der Waals surface area contributed by atoms with E-state index in [0.29, 0.717) is 0 Å². The van der Waals surface area contributed by atoms with E-state index in [1.54, 1.807) is 0 Å². The lowest BCUT2D eigenvalue weighted by atomic mass is 10.1. The van der Waals surface area contributed by atoms with E-state index in [1.165, 1.54) is 11.8 Å². The van der Waals surface area contributed by atoms with Gasteiger partial charge in [-0.3, -0.25) is 10.1 Å². The molecule has 98 valence electrons. The molecule has 0 aliphatic carbocycles. The topological polar surface area (TPSA) is 43.1 Å². The molecule has 0 fully saturated rings. The summed E-state index contributed by atoms with van der Waals surface area (Å²) in [6, 6.07) is 18.3. The van der Waals surface area contributed by atoms with E-state index in [-0.39, 0.29) is 10.2 Å². The number of nitro groups is 1. The second kappa shape index (κ2) is 6.38. The second-order valence-corrected chi connectivity index (χ2v) is 5.73. The van der Waals surface area contributed by atoms with Crippen molar-refractivity contribution in [1.82, 2.24) is 0 Å². The van der Waals surface area contributed by atoms with Crippen LogP contribution < -0.4 is 0 Å². The molecule has 2 atom stereocenters.